The van der Waals surface area contributed by atoms with Gasteiger partial charge < -0.3 is 0 Å². The highest BCUT2D eigenvalue weighted by Crippen LogP contribution is 2.34. The van der Waals surface area contributed by atoms with E-state index in [1.54, 1.807) is 12.1 Å². The van der Waals surface area contributed by atoms with Crippen molar-refractivity contribution in [3.05, 3.63) is 29.8 Å². The Morgan fingerprint density at radius 3 is 2.00 bits per heavy atom. The molecule has 0 aliphatic rings. The van der Waals surface area contributed by atoms with Gasteiger partial charge in [0.25, 0.3) is 0 Å². The van der Waals surface area contributed by atoms with Crippen molar-refractivity contribution in [2.24, 2.45) is 0 Å². The smallest absolute Gasteiger partial charge is 0.170 e. The second kappa shape index (κ2) is 3.62. The first-order valence-corrected chi connectivity index (χ1v) is 4.21. The van der Waals surface area contributed by atoms with Crippen LogP contribution in [0.2, 0.25) is 0 Å². The fourth-order valence-electron chi connectivity index (χ4n) is 0.952. The van der Waals surface area contributed by atoms with Gasteiger partial charge in [-0.3, -0.25) is 0 Å². The summed E-state index contributed by atoms with van der Waals surface area (Å²) in [5, 5.41) is 0. The van der Waals surface area contributed by atoms with E-state index in [1.165, 1.54) is 12.1 Å². The molecule has 4 heteroatoms. The predicted octanol–water partition coefficient (Wildman–Crippen LogP) is 3.64. The van der Waals surface area contributed by atoms with Crippen molar-refractivity contribution in [2.45, 2.75) is 23.9 Å². The number of hydrogen-bond acceptors (Lipinski definition) is 1. The molecule has 0 nitrogen and oxygen atoms in total. The van der Waals surface area contributed by atoms with Crippen LogP contribution in [0.5, 0.6) is 0 Å². The van der Waals surface area contributed by atoms with Gasteiger partial charge in [-0.2, -0.15) is 13.2 Å². The molecule has 0 aliphatic carbocycles. The summed E-state index contributed by atoms with van der Waals surface area (Å²) in [4.78, 5) is 0.665. The van der Waals surface area contributed by atoms with Gasteiger partial charge in [-0.25, -0.2) is 0 Å². The molecule has 13 heavy (non-hydrogen) atoms. The van der Waals surface area contributed by atoms with E-state index in [9.17, 15) is 13.2 Å². The van der Waals surface area contributed by atoms with Gasteiger partial charge in [0, 0.05) is 4.90 Å². The molecule has 0 radical (unpaired) electrons. The molecule has 0 saturated heterocycles. The summed E-state index contributed by atoms with van der Waals surface area (Å²) < 4.78 is 36.6. The van der Waals surface area contributed by atoms with Crippen molar-refractivity contribution >= 4 is 12.6 Å². The molecule has 0 saturated carbocycles. The Kier molecular flexibility index (Phi) is 2.91. The maximum Gasteiger partial charge on any atom is 0.395 e. The molecule has 1 atom stereocenters. The Morgan fingerprint density at radius 2 is 1.62 bits per heavy atom. The minimum absolute atomic E-state index is 0.269. The maximum atomic E-state index is 12.2. The molecule has 1 unspecified atom stereocenters. The standard InChI is InChI=1S/C9H9F3S/c1-6(9(10,11)12)7-2-4-8(13)5-3-7/h2-6,13H,1H3. The summed E-state index contributed by atoms with van der Waals surface area (Å²) in [6.45, 7) is 1.15. The van der Waals surface area contributed by atoms with Gasteiger partial charge in [-0.15, -0.1) is 12.6 Å². The van der Waals surface area contributed by atoms with E-state index >= 15 is 0 Å². The lowest BCUT2D eigenvalue weighted by Gasteiger charge is -2.15. The van der Waals surface area contributed by atoms with Crippen LogP contribution in [-0.4, -0.2) is 6.18 Å². The third-order valence-electron chi connectivity index (χ3n) is 1.88. The van der Waals surface area contributed by atoms with Crippen LogP contribution in [-0.2, 0) is 0 Å². The second-order valence-corrected chi connectivity index (χ2v) is 3.37. The third-order valence-corrected chi connectivity index (χ3v) is 2.18. The lowest BCUT2D eigenvalue weighted by Crippen LogP contribution is -2.17. The fourth-order valence-corrected chi connectivity index (χ4v) is 1.10. The number of thiol groups is 1. The maximum absolute atomic E-state index is 12.2. The quantitative estimate of drug-likeness (QED) is 0.666. The number of rotatable bonds is 1. The van der Waals surface area contributed by atoms with E-state index < -0.39 is 12.1 Å². The van der Waals surface area contributed by atoms with E-state index in [-0.39, 0.29) is 5.56 Å². The molecule has 1 aromatic rings. The topological polar surface area (TPSA) is 0 Å². The van der Waals surface area contributed by atoms with Crippen LogP contribution in [0.25, 0.3) is 0 Å². The minimum Gasteiger partial charge on any atom is -0.170 e. The molecule has 0 N–H and O–H groups in total. The first-order chi connectivity index (χ1) is 5.91. The van der Waals surface area contributed by atoms with E-state index in [0.717, 1.165) is 6.92 Å². The van der Waals surface area contributed by atoms with Crippen LogP contribution >= 0.6 is 12.6 Å². The molecule has 0 aliphatic heterocycles. The van der Waals surface area contributed by atoms with Crippen molar-refractivity contribution in [2.75, 3.05) is 0 Å². The van der Waals surface area contributed by atoms with Gasteiger partial charge in [0.15, 0.2) is 0 Å². The Bertz CT molecular complexity index is 276. The molecule has 1 rings (SSSR count). The lowest BCUT2D eigenvalue weighted by molar-refractivity contribution is -0.146. The highest BCUT2D eigenvalue weighted by atomic mass is 32.1. The number of benzene rings is 1. The second-order valence-electron chi connectivity index (χ2n) is 2.85. The Labute approximate surface area is 80.2 Å². The molecule has 1 aromatic carbocycles. The van der Waals surface area contributed by atoms with Crippen molar-refractivity contribution in [1.29, 1.82) is 0 Å². The summed E-state index contributed by atoms with van der Waals surface area (Å²) in [6.07, 6.45) is -4.17. The Hall–Kier alpha value is -0.640. The Balaban J connectivity index is 2.90. The Morgan fingerprint density at radius 1 is 1.15 bits per heavy atom. The van der Waals surface area contributed by atoms with E-state index in [1.807, 2.05) is 0 Å². The monoisotopic (exact) mass is 206 g/mol. The predicted molar refractivity (Wildman–Crippen MR) is 48.2 cm³/mol. The van der Waals surface area contributed by atoms with E-state index in [2.05, 4.69) is 12.6 Å². The molecule has 0 bridgehead atoms. The molecular formula is C9H9F3S. The van der Waals surface area contributed by atoms with Crippen molar-refractivity contribution < 1.29 is 13.2 Å². The minimum atomic E-state index is -4.17. The zero-order valence-corrected chi connectivity index (χ0v) is 7.86. The summed E-state index contributed by atoms with van der Waals surface area (Å²) in [6, 6.07) is 6.00. The average Bonchev–Trinajstić information content (AvgIpc) is 2.03. The molecule has 0 fully saturated rings. The van der Waals surface area contributed by atoms with Crippen LogP contribution < -0.4 is 0 Å². The van der Waals surface area contributed by atoms with Gasteiger partial charge in [-0.05, 0) is 24.6 Å². The normalized spacial score (nSPS) is 14.2. The van der Waals surface area contributed by atoms with Gasteiger partial charge in [0.05, 0.1) is 5.92 Å². The van der Waals surface area contributed by atoms with Gasteiger partial charge >= 0.3 is 6.18 Å². The summed E-state index contributed by atoms with van der Waals surface area (Å²) >= 11 is 3.99. The molecule has 72 valence electrons. The van der Waals surface area contributed by atoms with Crippen molar-refractivity contribution in [3.63, 3.8) is 0 Å². The van der Waals surface area contributed by atoms with E-state index in [0.29, 0.717) is 4.90 Å². The van der Waals surface area contributed by atoms with Crippen LogP contribution in [0.4, 0.5) is 13.2 Å². The molecule has 0 spiro atoms. The summed E-state index contributed by atoms with van der Waals surface area (Å²) in [5.74, 6) is -1.42. The first kappa shape index (κ1) is 10.4. The van der Waals surface area contributed by atoms with Crippen LogP contribution in [0, 0.1) is 0 Å². The largest absolute Gasteiger partial charge is 0.395 e. The average molecular weight is 206 g/mol. The summed E-state index contributed by atoms with van der Waals surface area (Å²) in [7, 11) is 0. The van der Waals surface area contributed by atoms with E-state index in [4.69, 9.17) is 0 Å². The molecular weight excluding hydrogens is 197 g/mol. The molecule has 0 amide bonds. The zero-order valence-electron chi connectivity index (χ0n) is 6.97. The first-order valence-electron chi connectivity index (χ1n) is 3.77. The van der Waals surface area contributed by atoms with Crippen molar-refractivity contribution in [1.82, 2.24) is 0 Å². The molecule has 0 heterocycles. The molecule has 0 aromatic heterocycles. The number of alkyl halides is 3. The fraction of sp³-hybridized carbons (Fsp3) is 0.333. The highest BCUT2D eigenvalue weighted by molar-refractivity contribution is 7.80. The number of hydrogen-bond donors (Lipinski definition) is 1. The van der Waals surface area contributed by atoms with Gasteiger partial charge in [0.2, 0.25) is 0 Å². The van der Waals surface area contributed by atoms with Gasteiger partial charge in [0.1, 0.15) is 0 Å². The zero-order chi connectivity index (χ0) is 10.1. The lowest BCUT2D eigenvalue weighted by atomic mass is 10.0. The van der Waals surface area contributed by atoms with Gasteiger partial charge in [-0.1, -0.05) is 12.1 Å². The third kappa shape index (κ3) is 2.66. The highest BCUT2D eigenvalue weighted by Gasteiger charge is 2.36. The summed E-state index contributed by atoms with van der Waals surface area (Å²) in [5.41, 5.74) is 0.269. The number of halogens is 3. The SMILES string of the molecule is CC(c1ccc(S)cc1)C(F)(F)F. The van der Waals surface area contributed by atoms with Crippen LogP contribution in [0.3, 0.4) is 0 Å². The van der Waals surface area contributed by atoms with Crippen LogP contribution in [0.15, 0.2) is 29.2 Å². The van der Waals surface area contributed by atoms with Crippen molar-refractivity contribution in [3.8, 4) is 0 Å². The van der Waals surface area contributed by atoms with Crippen LogP contribution in [0.1, 0.15) is 18.4 Å².